The highest BCUT2D eigenvalue weighted by atomic mass is 16.6. The van der Waals surface area contributed by atoms with Crippen molar-refractivity contribution < 1.29 is 62.9 Å². The van der Waals surface area contributed by atoms with Gasteiger partial charge < -0.3 is 49.1 Å². The molecule has 1 saturated heterocycles. The van der Waals surface area contributed by atoms with Gasteiger partial charge in [0.15, 0.2) is 0 Å². The number of hydrogen-bond donors (Lipinski definition) is 4. The van der Waals surface area contributed by atoms with Gasteiger partial charge in [-0.3, -0.25) is 38.8 Å². The quantitative estimate of drug-likeness (QED) is 0.0507. The molecule has 0 aromatic carbocycles. The summed E-state index contributed by atoms with van der Waals surface area (Å²) in [5, 5.41) is 30.8. The van der Waals surface area contributed by atoms with Crippen molar-refractivity contribution in [3.63, 3.8) is 0 Å². The predicted molar refractivity (Wildman–Crippen MR) is 175 cm³/mol. The van der Waals surface area contributed by atoms with E-state index < -0.39 is 17.9 Å². The number of carbonyl (C=O) groups excluding carboxylic acids is 1. The Morgan fingerprint density at radius 3 is 1.08 bits per heavy atom. The smallest absolute Gasteiger partial charge is 0.317 e. The second kappa shape index (κ2) is 29.9. The molecular weight excluding hydrogens is 650 g/mol. The Bertz CT molecular complexity index is 923. The Labute approximate surface area is 288 Å². The van der Waals surface area contributed by atoms with E-state index in [2.05, 4.69) is 11.2 Å². The van der Waals surface area contributed by atoms with Crippen molar-refractivity contribution in [1.82, 2.24) is 24.9 Å². The van der Waals surface area contributed by atoms with Gasteiger partial charge in [0.25, 0.3) is 0 Å². The van der Waals surface area contributed by atoms with Gasteiger partial charge in [0.05, 0.1) is 98.9 Å². The molecule has 1 heterocycles. The molecule has 1 aliphatic heterocycles. The van der Waals surface area contributed by atoms with Crippen LogP contribution in [0.5, 0.6) is 0 Å². The first-order chi connectivity index (χ1) is 23.7. The summed E-state index contributed by atoms with van der Waals surface area (Å²) in [6, 6.07) is 0. The van der Waals surface area contributed by atoms with Crippen LogP contribution in [0.1, 0.15) is 0 Å². The summed E-state index contributed by atoms with van der Waals surface area (Å²) in [6.07, 6.45) is 5.08. The lowest BCUT2D eigenvalue weighted by atomic mass is 10.3. The maximum Gasteiger partial charge on any atom is 0.317 e. The van der Waals surface area contributed by atoms with Gasteiger partial charge in [0.2, 0.25) is 5.91 Å². The Morgan fingerprint density at radius 1 is 0.490 bits per heavy atom. The minimum atomic E-state index is -1.02. The molecule has 0 radical (unpaired) electrons. The van der Waals surface area contributed by atoms with Crippen LogP contribution >= 0.6 is 0 Å². The number of terminal acetylenes is 1. The maximum absolute atomic E-state index is 12.7. The van der Waals surface area contributed by atoms with Crippen molar-refractivity contribution >= 4 is 23.8 Å². The third-order valence-corrected chi connectivity index (χ3v) is 6.99. The molecule has 1 amide bonds. The average molecular weight is 706 g/mol. The summed E-state index contributed by atoms with van der Waals surface area (Å²) in [6.45, 7) is 7.13. The fraction of sp³-hybridized carbons (Fsp3) is 0.806. The van der Waals surface area contributed by atoms with Gasteiger partial charge in [0.1, 0.15) is 6.61 Å². The molecule has 0 atom stereocenters. The lowest BCUT2D eigenvalue weighted by Gasteiger charge is -2.32. The zero-order chi connectivity index (χ0) is 36.0. The topological polar surface area (TPSA) is 209 Å². The monoisotopic (exact) mass is 705 g/mol. The maximum atomic E-state index is 12.7. The molecule has 1 aliphatic rings. The highest BCUT2D eigenvalue weighted by molar-refractivity contribution is 5.78. The predicted octanol–water partition coefficient (Wildman–Crippen LogP) is -2.69. The fourth-order valence-corrected chi connectivity index (χ4v) is 4.54. The summed E-state index contributed by atoms with van der Waals surface area (Å²) >= 11 is 0. The highest BCUT2D eigenvalue weighted by Crippen LogP contribution is 2.01. The number of amides is 1. The Kier molecular flexibility index (Phi) is 26.9. The first-order valence-corrected chi connectivity index (χ1v) is 16.4. The van der Waals surface area contributed by atoms with Gasteiger partial charge in [-0.05, 0) is 0 Å². The number of aliphatic carboxylic acids is 3. The lowest BCUT2D eigenvalue weighted by molar-refractivity contribution is -0.140. The van der Waals surface area contributed by atoms with Crippen molar-refractivity contribution in [2.24, 2.45) is 0 Å². The summed E-state index contributed by atoms with van der Waals surface area (Å²) in [7, 11) is 0. The molecule has 282 valence electrons. The summed E-state index contributed by atoms with van der Waals surface area (Å²) in [5.41, 5.74) is 0. The van der Waals surface area contributed by atoms with Crippen LogP contribution in [0.15, 0.2) is 0 Å². The molecule has 0 saturated carbocycles. The van der Waals surface area contributed by atoms with E-state index in [1.54, 1.807) is 14.7 Å². The largest absolute Gasteiger partial charge is 0.480 e. The molecular formula is C31H55N5O13. The van der Waals surface area contributed by atoms with Crippen molar-refractivity contribution in [2.75, 3.05) is 164 Å². The number of hydrogen-bond acceptors (Lipinski definition) is 14. The molecule has 1 fully saturated rings. The third-order valence-electron chi connectivity index (χ3n) is 6.99. The number of ether oxygens (including phenoxy) is 6. The van der Waals surface area contributed by atoms with Crippen LogP contribution in [0, 0.1) is 12.3 Å². The molecule has 0 bridgehead atoms. The summed E-state index contributed by atoms with van der Waals surface area (Å²) < 4.78 is 32.2. The highest BCUT2D eigenvalue weighted by Gasteiger charge is 2.21. The number of rotatable bonds is 27. The molecule has 0 unspecified atom stereocenters. The molecule has 1 rings (SSSR count). The normalized spacial score (nSPS) is 16.0. The molecule has 18 heteroatoms. The van der Waals surface area contributed by atoms with Crippen molar-refractivity contribution in [1.29, 1.82) is 0 Å². The number of carboxylic acid groups (broad SMARTS) is 3. The molecule has 4 N–H and O–H groups in total. The van der Waals surface area contributed by atoms with Crippen molar-refractivity contribution in [2.45, 2.75) is 0 Å². The average Bonchev–Trinajstić information content (AvgIpc) is 3.04. The van der Waals surface area contributed by atoms with Crippen LogP contribution in [0.25, 0.3) is 0 Å². The molecule has 18 nitrogen and oxygen atoms in total. The lowest BCUT2D eigenvalue weighted by Crippen LogP contribution is -2.50. The van der Waals surface area contributed by atoms with E-state index in [1.807, 2.05) is 4.90 Å². The van der Waals surface area contributed by atoms with Gasteiger partial charge in [0, 0.05) is 58.9 Å². The number of nitrogens with zero attached hydrogens (tertiary/aromatic N) is 4. The van der Waals surface area contributed by atoms with Gasteiger partial charge in [-0.25, -0.2) is 0 Å². The number of nitrogens with one attached hydrogen (secondary N) is 1. The van der Waals surface area contributed by atoms with Crippen LogP contribution in [0.3, 0.4) is 0 Å². The number of carbonyl (C=O) groups is 4. The zero-order valence-electron chi connectivity index (χ0n) is 28.5. The van der Waals surface area contributed by atoms with E-state index >= 15 is 0 Å². The minimum Gasteiger partial charge on any atom is -0.480 e. The molecule has 0 spiro atoms. The van der Waals surface area contributed by atoms with E-state index in [0.717, 1.165) is 0 Å². The molecule has 0 aliphatic carbocycles. The summed E-state index contributed by atoms with van der Waals surface area (Å²) in [5.74, 6) is -0.895. The van der Waals surface area contributed by atoms with E-state index in [-0.39, 0.29) is 51.8 Å². The standard InChI is InChI=1S/C31H55N5O13/c1-2-12-44-14-16-46-18-20-48-22-23-49-21-19-47-17-15-45-13-3-32-28(37)24-33-4-6-34(25-29(38)39)8-10-36(27-31(42)43)11-9-35(7-5-33)26-30(40)41/h1H,3-27H2,(H,32,37)(H,38,39)(H,40,41)(H,42,43). The van der Waals surface area contributed by atoms with Gasteiger partial charge in [-0.15, -0.1) is 6.42 Å². The SMILES string of the molecule is C#CCOCCOCCOCCOCCOCCOCCNC(=O)CN1CCN(CC(=O)O)CCN(CC(=O)O)CCN(CC(=O)O)CC1. The van der Waals surface area contributed by atoms with E-state index in [1.165, 1.54) is 0 Å². The molecule has 49 heavy (non-hydrogen) atoms. The van der Waals surface area contributed by atoms with Crippen LogP contribution in [0.4, 0.5) is 0 Å². The van der Waals surface area contributed by atoms with Gasteiger partial charge in [-0.2, -0.15) is 0 Å². The molecule has 0 aromatic rings. The Morgan fingerprint density at radius 2 is 0.776 bits per heavy atom. The first-order valence-electron chi connectivity index (χ1n) is 16.4. The van der Waals surface area contributed by atoms with Crippen molar-refractivity contribution in [3.8, 4) is 12.3 Å². The van der Waals surface area contributed by atoms with Crippen LogP contribution in [0.2, 0.25) is 0 Å². The van der Waals surface area contributed by atoms with Crippen LogP contribution < -0.4 is 5.32 Å². The second-order valence-corrected chi connectivity index (χ2v) is 11.0. The third kappa shape index (κ3) is 27.5. The van der Waals surface area contributed by atoms with Crippen molar-refractivity contribution in [3.05, 3.63) is 0 Å². The van der Waals surface area contributed by atoms with E-state index in [0.29, 0.717) is 118 Å². The summed E-state index contributed by atoms with van der Waals surface area (Å²) in [4.78, 5) is 53.8. The van der Waals surface area contributed by atoms with Crippen LogP contribution in [-0.2, 0) is 47.6 Å². The van der Waals surface area contributed by atoms with Gasteiger partial charge in [-0.1, -0.05) is 5.92 Å². The minimum absolute atomic E-state index is 0.0397. The van der Waals surface area contributed by atoms with E-state index in [9.17, 15) is 34.5 Å². The Hall–Kier alpha value is -2.96. The fourth-order valence-electron chi connectivity index (χ4n) is 4.54. The second-order valence-electron chi connectivity index (χ2n) is 11.0. The first kappa shape index (κ1) is 44.1. The van der Waals surface area contributed by atoms with Crippen LogP contribution in [-0.4, -0.2) is 223 Å². The zero-order valence-corrected chi connectivity index (χ0v) is 28.5. The number of carboxylic acids is 3. The molecule has 0 aromatic heterocycles. The van der Waals surface area contributed by atoms with E-state index in [4.69, 9.17) is 34.8 Å². The van der Waals surface area contributed by atoms with Gasteiger partial charge >= 0.3 is 17.9 Å². The Balaban J connectivity index is 2.26.